The number of anilines is 1. The van der Waals surface area contributed by atoms with Crippen LogP contribution in [-0.2, 0) is 5.54 Å². The van der Waals surface area contributed by atoms with Crippen molar-refractivity contribution in [2.45, 2.75) is 45.2 Å². The predicted molar refractivity (Wildman–Crippen MR) is 70.9 cm³/mol. The van der Waals surface area contributed by atoms with Crippen LogP contribution in [0.25, 0.3) is 0 Å². The first-order chi connectivity index (χ1) is 8.45. The van der Waals surface area contributed by atoms with Crippen LogP contribution in [0, 0.1) is 0 Å². The minimum absolute atomic E-state index is 0.0287. The summed E-state index contributed by atoms with van der Waals surface area (Å²) in [6.07, 6.45) is 5.30. The predicted octanol–water partition coefficient (Wildman–Crippen LogP) is 0.959. The molecule has 5 nitrogen and oxygen atoms in total. The molecule has 5 heteroatoms. The molecule has 1 aromatic heterocycles. The first-order valence-corrected chi connectivity index (χ1v) is 6.41. The van der Waals surface area contributed by atoms with Crippen molar-refractivity contribution in [3.63, 3.8) is 0 Å². The van der Waals surface area contributed by atoms with Crippen LogP contribution in [0.2, 0.25) is 0 Å². The second-order valence-corrected chi connectivity index (χ2v) is 5.77. The summed E-state index contributed by atoms with van der Waals surface area (Å²) in [5, 5.41) is 9.34. The third-order valence-corrected chi connectivity index (χ3v) is 3.41. The molecule has 1 N–H and O–H groups in total. The molecular formula is C13H21N3O2. The third kappa shape index (κ3) is 2.27. The van der Waals surface area contributed by atoms with Crippen LogP contribution in [0.15, 0.2) is 17.2 Å². The van der Waals surface area contributed by atoms with Crippen molar-refractivity contribution in [3.05, 3.63) is 22.7 Å². The summed E-state index contributed by atoms with van der Waals surface area (Å²) >= 11 is 0. The molecule has 0 spiro atoms. The van der Waals surface area contributed by atoms with Gasteiger partial charge in [-0.15, -0.1) is 0 Å². The normalized spacial score (nSPS) is 20.4. The van der Waals surface area contributed by atoms with Crippen molar-refractivity contribution in [3.8, 4) is 0 Å². The summed E-state index contributed by atoms with van der Waals surface area (Å²) in [6, 6.07) is 0.0287. The maximum atomic E-state index is 12.4. The largest absolute Gasteiger partial charge is 0.394 e. The summed E-state index contributed by atoms with van der Waals surface area (Å²) in [4.78, 5) is 18.6. The van der Waals surface area contributed by atoms with Crippen LogP contribution in [0.3, 0.4) is 0 Å². The monoisotopic (exact) mass is 251 g/mol. The SMILES string of the molecule is CC(C)(C)n1ccnc(N2CCCC2CO)c1=O. The van der Waals surface area contributed by atoms with Gasteiger partial charge in [-0.2, -0.15) is 0 Å². The van der Waals surface area contributed by atoms with Crippen molar-refractivity contribution in [2.75, 3.05) is 18.1 Å². The van der Waals surface area contributed by atoms with Gasteiger partial charge in [-0.25, -0.2) is 4.98 Å². The van der Waals surface area contributed by atoms with E-state index in [0.29, 0.717) is 5.82 Å². The van der Waals surface area contributed by atoms with E-state index >= 15 is 0 Å². The molecule has 1 atom stereocenters. The highest BCUT2D eigenvalue weighted by molar-refractivity contribution is 5.39. The first-order valence-electron chi connectivity index (χ1n) is 6.41. The zero-order valence-electron chi connectivity index (χ0n) is 11.3. The molecule has 100 valence electrons. The standard InChI is InChI=1S/C13H21N3O2/c1-13(2,3)16-8-6-14-11(12(16)18)15-7-4-5-10(15)9-17/h6,8,10,17H,4-5,7,9H2,1-3H3. The molecule has 1 aromatic rings. The number of hydrogen-bond acceptors (Lipinski definition) is 4. The lowest BCUT2D eigenvalue weighted by Gasteiger charge is -2.27. The van der Waals surface area contributed by atoms with Gasteiger partial charge in [0.15, 0.2) is 5.82 Å². The molecule has 0 bridgehead atoms. The molecule has 1 aliphatic heterocycles. The Labute approximate surface area is 107 Å². The van der Waals surface area contributed by atoms with Crippen molar-refractivity contribution in [1.29, 1.82) is 0 Å². The molecule has 1 unspecified atom stereocenters. The molecule has 1 fully saturated rings. The first kappa shape index (κ1) is 13.1. The number of aliphatic hydroxyl groups excluding tert-OH is 1. The van der Waals surface area contributed by atoms with Gasteiger partial charge in [0.25, 0.3) is 5.56 Å². The molecule has 18 heavy (non-hydrogen) atoms. The van der Waals surface area contributed by atoms with Gasteiger partial charge in [0.1, 0.15) is 0 Å². The van der Waals surface area contributed by atoms with Crippen LogP contribution in [0.4, 0.5) is 5.82 Å². The van der Waals surface area contributed by atoms with Gasteiger partial charge in [0.05, 0.1) is 12.6 Å². The number of hydrogen-bond donors (Lipinski definition) is 1. The summed E-state index contributed by atoms with van der Waals surface area (Å²) in [7, 11) is 0. The molecule has 0 amide bonds. The van der Waals surface area contributed by atoms with Crippen molar-refractivity contribution >= 4 is 5.82 Å². The highest BCUT2D eigenvalue weighted by Gasteiger charge is 2.28. The van der Waals surface area contributed by atoms with E-state index in [4.69, 9.17) is 0 Å². The van der Waals surface area contributed by atoms with Crippen LogP contribution >= 0.6 is 0 Å². The van der Waals surface area contributed by atoms with Gasteiger partial charge < -0.3 is 14.6 Å². The Bertz CT molecular complexity index is 476. The highest BCUT2D eigenvalue weighted by Crippen LogP contribution is 2.21. The molecule has 0 aromatic carbocycles. The van der Waals surface area contributed by atoms with Gasteiger partial charge in [-0.1, -0.05) is 0 Å². The van der Waals surface area contributed by atoms with E-state index in [-0.39, 0.29) is 23.7 Å². The molecule has 0 saturated carbocycles. The Balaban J connectivity index is 2.44. The van der Waals surface area contributed by atoms with Crippen LogP contribution < -0.4 is 10.5 Å². The van der Waals surface area contributed by atoms with E-state index in [1.807, 2.05) is 25.7 Å². The highest BCUT2D eigenvalue weighted by atomic mass is 16.3. The summed E-state index contributed by atoms with van der Waals surface area (Å²) in [6.45, 7) is 6.84. The maximum absolute atomic E-state index is 12.4. The van der Waals surface area contributed by atoms with Gasteiger partial charge in [0, 0.05) is 24.5 Å². The molecule has 0 radical (unpaired) electrons. The van der Waals surface area contributed by atoms with E-state index in [9.17, 15) is 9.90 Å². The number of nitrogens with zero attached hydrogens (tertiary/aromatic N) is 3. The molecule has 2 heterocycles. The molecule has 1 aliphatic rings. The fourth-order valence-electron chi connectivity index (χ4n) is 2.43. The lowest BCUT2D eigenvalue weighted by Crippen LogP contribution is -2.41. The van der Waals surface area contributed by atoms with Gasteiger partial charge in [-0.05, 0) is 33.6 Å². The second-order valence-electron chi connectivity index (χ2n) is 5.77. The average Bonchev–Trinajstić information content (AvgIpc) is 2.75. The second kappa shape index (κ2) is 4.72. The van der Waals surface area contributed by atoms with E-state index in [2.05, 4.69) is 4.98 Å². The van der Waals surface area contributed by atoms with Crippen molar-refractivity contribution < 1.29 is 5.11 Å². The van der Waals surface area contributed by atoms with E-state index in [1.54, 1.807) is 17.0 Å². The molecular weight excluding hydrogens is 230 g/mol. The summed E-state index contributed by atoms with van der Waals surface area (Å²) in [5.74, 6) is 0.462. The fourth-order valence-corrected chi connectivity index (χ4v) is 2.43. The molecule has 1 saturated heterocycles. The molecule has 0 aliphatic carbocycles. The minimum Gasteiger partial charge on any atom is -0.394 e. The van der Waals surface area contributed by atoms with Crippen LogP contribution in [0.5, 0.6) is 0 Å². The summed E-state index contributed by atoms with van der Waals surface area (Å²) in [5.41, 5.74) is -0.339. The summed E-state index contributed by atoms with van der Waals surface area (Å²) < 4.78 is 1.70. The van der Waals surface area contributed by atoms with Gasteiger partial charge in [0.2, 0.25) is 0 Å². The van der Waals surface area contributed by atoms with Crippen LogP contribution in [0.1, 0.15) is 33.6 Å². The zero-order chi connectivity index (χ0) is 13.3. The Morgan fingerprint density at radius 2 is 2.22 bits per heavy atom. The smallest absolute Gasteiger partial charge is 0.293 e. The Hall–Kier alpha value is -1.36. The minimum atomic E-state index is -0.261. The van der Waals surface area contributed by atoms with Crippen LogP contribution in [-0.4, -0.2) is 33.9 Å². The maximum Gasteiger partial charge on any atom is 0.293 e. The van der Waals surface area contributed by atoms with E-state index in [0.717, 1.165) is 19.4 Å². The van der Waals surface area contributed by atoms with E-state index in [1.165, 1.54) is 0 Å². The number of aromatic nitrogens is 2. The Morgan fingerprint density at radius 1 is 1.50 bits per heavy atom. The van der Waals surface area contributed by atoms with Crippen molar-refractivity contribution in [1.82, 2.24) is 9.55 Å². The third-order valence-electron chi connectivity index (χ3n) is 3.41. The Kier molecular flexibility index (Phi) is 3.43. The Morgan fingerprint density at radius 3 is 2.83 bits per heavy atom. The lowest BCUT2D eigenvalue weighted by molar-refractivity contribution is 0.265. The topological polar surface area (TPSA) is 58.4 Å². The van der Waals surface area contributed by atoms with E-state index < -0.39 is 0 Å². The number of rotatable bonds is 2. The lowest BCUT2D eigenvalue weighted by atomic mass is 10.1. The molecule has 2 rings (SSSR count). The number of aliphatic hydroxyl groups is 1. The fraction of sp³-hybridized carbons (Fsp3) is 0.692. The average molecular weight is 251 g/mol. The quantitative estimate of drug-likeness (QED) is 0.850. The van der Waals surface area contributed by atoms with Crippen molar-refractivity contribution in [2.24, 2.45) is 0 Å². The van der Waals surface area contributed by atoms with Gasteiger partial charge in [-0.3, -0.25) is 4.79 Å². The zero-order valence-corrected chi connectivity index (χ0v) is 11.3. The van der Waals surface area contributed by atoms with Gasteiger partial charge >= 0.3 is 0 Å².